The third-order valence-electron chi connectivity index (χ3n) is 4.38. The second-order valence-corrected chi connectivity index (χ2v) is 6.33. The first-order chi connectivity index (χ1) is 11.9. The monoisotopic (exact) mass is 348 g/mol. The average Bonchev–Trinajstić information content (AvgIpc) is 2.60. The van der Waals surface area contributed by atoms with Crippen LogP contribution in [0.3, 0.4) is 0 Å². The highest BCUT2D eigenvalue weighted by Gasteiger charge is 2.34. The summed E-state index contributed by atoms with van der Waals surface area (Å²) in [6.07, 6.45) is 3.46. The number of benzene rings is 1. The first-order valence-corrected chi connectivity index (χ1v) is 8.29. The van der Waals surface area contributed by atoms with Crippen LogP contribution in [-0.4, -0.2) is 35.1 Å². The van der Waals surface area contributed by atoms with Crippen molar-refractivity contribution in [2.45, 2.75) is 25.4 Å². The lowest BCUT2D eigenvalue weighted by Gasteiger charge is -2.29. The summed E-state index contributed by atoms with van der Waals surface area (Å²) < 4.78 is 39.1. The van der Waals surface area contributed by atoms with E-state index in [4.69, 9.17) is 0 Å². The molecule has 1 amide bonds. The highest BCUT2D eigenvalue weighted by molar-refractivity contribution is 6.05. The summed E-state index contributed by atoms with van der Waals surface area (Å²) in [5, 5.41) is 0.737. The van der Waals surface area contributed by atoms with Gasteiger partial charge in [-0.15, -0.1) is 0 Å². The van der Waals surface area contributed by atoms with Crippen LogP contribution in [-0.2, 0) is 0 Å². The Morgan fingerprint density at radius 3 is 2.72 bits per heavy atom. The summed E-state index contributed by atoms with van der Waals surface area (Å²) >= 11 is 0. The summed E-state index contributed by atoms with van der Waals surface area (Å²) in [4.78, 5) is 18.0. The van der Waals surface area contributed by atoms with E-state index in [1.807, 2.05) is 12.2 Å². The number of allylic oxidation sites excluding steroid dienone is 2. The van der Waals surface area contributed by atoms with Gasteiger partial charge in [-0.2, -0.15) is 13.2 Å². The van der Waals surface area contributed by atoms with Crippen LogP contribution in [0, 0.1) is 5.92 Å². The molecule has 0 saturated carbocycles. The fourth-order valence-corrected chi connectivity index (χ4v) is 3.22. The van der Waals surface area contributed by atoms with Crippen molar-refractivity contribution in [3.8, 4) is 0 Å². The Kier molecular flexibility index (Phi) is 5.06. The number of fused-ring (bicyclic) bond motifs is 1. The Bertz CT molecular complexity index is 780. The minimum Gasteiger partial charge on any atom is -0.329 e. The molecule has 0 aliphatic heterocycles. The topological polar surface area (TPSA) is 33.2 Å². The molecule has 1 aromatic carbocycles. The molecule has 1 aliphatic carbocycles. The van der Waals surface area contributed by atoms with E-state index in [0.29, 0.717) is 11.9 Å². The van der Waals surface area contributed by atoms with Gasteiger partial charge in [0, 0.05) is 18.1 Å². The number of carbonyl (C=O) groups is 1. The molecule has 3 rings (SSSR count). The van der Waals surface area contributed by atoms with Gasteiger partial charge in [-0.3, -0.25) is 9.78 Å². The number of para-hydroxylation sites is 1. The maximum absolute atomic E-state index is 13.0. The number of pyridine rings is 1. The maximum Gasteiger partial charge on any atom is 0.406 e. The number of aromatic nitrogens is 1. The molecule has 0 N–H and O–H groups in total. The van der Waals surface area contributed by atoms with Crippen LogP contribution in [0.15, 0.2) is 48.7 Å². The summed E-state index contributed by atoms with van der Waals surface area (Å²) in [6, 6.07) is 8.53. The second kappa shape index (κ2) is 7.25. The van der Waals surface area contributed by atoms with Gasteiger partial charge in [-0.1, -0.05) is 30.4 Å². The van der Waals surface area contributed by atoms with Crippen LogP contribution in [0.1, 0.15) is 29.6 Å². The zero-order valence-electron chi connectivity index (χ0n) is 13.7. The van der Waals surface area contributed by atoms with E-state index in [1.165, 1.54) is 0 Å². The highest BCUT2D eigenvalue weighted by atomic mass is 19.4. The molecule has 6 heteroatoms. The summed E-state index contributed by atoms with van der Waals surface area (Å²) in [7, 11) is 0. The first-order valence-electron chi connectivity index (χ1n) is 8.29. The molecule has 132 valence electrons. The summed E-state index contributed by atoms with van der Waals surface area (Å²) in [6.45, 7) is -1.14. The lowest BCUT2D eigenvalue weighted by atomic mass is 9.93. The quantitative estimate of drug-likeness (QED) is 0.757. The summed E-state index contributed by atoms with van der Waals surface area (Å²) in [5.74, 6) is -0.560. The third-order valence-corrected chi connectivity index (χ3v) is 4.38. The lowest BCUT2D eigenvalue weighted by molar-refractivity contribution is -0.141. The Labute approximate surface area is 144 Å². The smallest absolute Gasteiger partial charge is 0.329 e. The number of hydrogen-bond donors (Lipinski definition) is 0. The Hall–Kier alpha value is -2.37. The zero-order valence-corrected chi connectivity index (χ0v) is 13.7. The van der Waals surface area contributed by atoms with Gasteiger partial charge in [0.25, 0.3) is 5.91 Å². The second-order valence-electron chi connectivity index (χ2n) is 6.33. The molecular formula is C19H19F3N2O. The van der Waals surface area contributed by atoms with Crippen LogP contribution in [0.5, 0.6) is 0 Å². The molecule has 0 unspecified atom stereocenters. The van der Waals surface area contributed by atoms with Crippen LogP contribution in [0.25, 0.3) is 10.9 Å². The SMILES string of the molecule is O=C(c1cccc2cccnc12)N(C[C@@H]1CC=CCC1)CC(F)(F)F. The van der Waals surface area contributed by atoms with Crippen LogP contribution >= 0.6 is 0 Å². The van der Waals surface area contributed by atoms with Crippen molar-refractivity contribution in [1.82, 2.24) is 9.88 Å². The van der Waals surface area contributed by atoms with Crippen molar-refractivity contribution in [2.75, 3.05) is 13.1 Å². The Morgan fingerprint density at radius 2 is 2.00 bits per heavy atom. The number of rotatable bonds is 4. The van der Waals surface area contributed by atoms with Crippen molar-refractivity contribution < 1.29 is 18.0 Å². The van der Waals surface area contributed by atoms with E-state index in [2.05, 4.69) is 4.98 Å². The van der Waals surface area contributed by atoms with Gasteiger partial charge in [0.1, 0.15) is 6.54 Å². The van der Waals surface area contributed by atoms with E-state index < -0.39 is 18.6 Å². The van der Waals surface area contributed by atoms with Gasteiger partial charge in [-0.25, -0.2) is 0 Å². The van der Waals surface area contributed by atoms with Gasteiger partial charge in [0.05, 0.1) is 11.1 Å². The van der Waals surface area contributed by atoms with E-state index in [1.54, 1.807) is 36.5 Å². The predicted octanol–water partition coefficient (Wildman–Crippen LogP) is 4.60. The molecule has 0 bridgehead atoms. The average molecular weight is 348 g/mol. The number of alkyl halides is 3. The van der Waals surface area contributed by atoms with Gasteiger partial charge in [-0.05, 0) is 37.3 Å². The van der Waals surface area contributed by atoms with Crippen molar-refractivity contribution in [1.29, 1.82) is 0 Å². The van der Waals surface area contributed by atoms with Crippen molar-refractivity contribution in [2.24, 2.45) is 5.92 Å². The van der Waals surface area contributed by atoms with E-state index in [9.17, 15) is 18.0 Å². The van der Waals surface area contributed by atoms with Gasteiger partial charge >= 0.3 is 6.18 Å². The highest BCUT2D eigenvalue weighted by Crippen LogP contribution is 2.25. The number of hydrogen-bond acceptors (Lipinski definition) is 2. The zero-order chi connectivity index (χ0) is 17.9. The van der Waals surface area contributed by atoms with Crippen LogP contribution < -0.4 is 0 Å². The third kappa shape index (κ3) is 4.38. The fourth-order valence-electron chi connectivity index (χ4n) is 3.22. The standard InChI is InChI=1S/C19H19F3N2O/c20-19(21,22)13-24(12-14-6-2-1-3-7-14)18(25)16-10-4-8-15-9-5-11-23-17(15)16/h1-2,4-5,8-11,14H,3,6-7,12-13H2/t14-/m1/s1. The van der Waals surface area contributed by atoms with Crippen molar-refractivity contribution in [3.63, 3.8) is 0 Å². The molecule has 1 aromatic heterocycles. The molecule has 1 heterocycles. The number of nitrogens with zero attached hydrogens (tertiary/aromatic N) is 2. The number of halogens is 3. The van der Waals surface area contributed by atoms with E-state index >= 15 is 0 Å². The molecular weight excluding hydrogens is 329 g/mol. The van der Waals surface area contributed by atoms with Gasteiger partial charge in [0.15, 0.2) is 0 Å². The molecule has 1 atom stereocenters. The molecule has 0 radical (unpaired) electrons. The number of carbonyl (C=O) groups excluding carboxylic acids is 1. The van der Waals surface area contributed by atoms with E-state index in [0.717, 1.165) is 23.1 Å². The molecule has 3 nitrogen and oxygen atoms in total. The Balaban J connectivity index is 1.90. The van der Waals surface area contributed by atoms with Gasteiger partial charge in [0.2, 0.25) is 0 Å². The van der Waals surface area contributed by atoms with Crippen LogP contribution in [0.4, 0.5) is 13.2 Å². The van der Waals surface area contributed by atoms with Gasteiger partial charge < -0.3 is 4.90 Å². The largest absolute Gasteiger partial charge is 0.406 e. The predicted molar refractivity (Wildman–Crippen MR) is 90.2 cm³/mol. The van der Waals surface area contributed by atoms with Crippen molar-refractivity contribution >= 4 is 16.8 Å². The molecule has 25 heavy (non-hydrogen) atoms. The molecule has 2 aromatic rings. The maximum atomic E-state index is 13.0. The first kappa shape index (κ1) is 17.5. The minimum absolute atomic E-state index is 0.0548. The van der Waals surface area contributed by atoms with E-state index in [-0.39, 0.29) is 18.0 Å². The Morgan fingerprint density at radius 1 is 1.20 bits per heavy atom. The molecule has 0 saturated heterocycles. The lowest BCUT2D eigenvalue weighted by Crippen LogP contribution is -2.42. The van der Waals surface area contributed by atoms with Crippen molar-refractivity contribution in [3.05, 3.63) is 54.2 Å². The normalized spacial score (nSPS) is 17.6. The fraction of sp³-hybridized carbons (Fsp3) is 0.368. The molecule has 0 fully saturated rings. The summed E-state index contributed by atoms with van der Waals surface area (Å²) in [5.41, 5.74) is 0.652. The molecule has 0 spiro atoms. The molecule has 1 aliphatic rings. The number of amides is 1. The minimum atomic E-state index is -4.43. The van der Waals surface area contributed by atoms with Crippen LogP contribution in [0.2, 0.25) is 0 Å².